The molecule has 0 aliphatic heterocycles. The molecular formula is C21H22N4O. The number of fused-ring (bicyclic) bond motifs is 4. The van der Waals surface area contributed by atoms with Crippen LogP contribution in [-0.2, 0) is 6.54 Å². The maximum Gasteiger partial charge on any atom is 0.279 e. The molecule has 2 aromatic heterocycles. The third kappa shape index (κ3) is 2.95. The highest BCUT2D eigenvalue weighted by Gasteiger charge is 2.13. The van der Waals surface area contributed by atoms with E-state index < -0.39 is 0 Å². The van der Waals surface area contributed by atoms with Crippen molar-refractivity contribution in [2.45, 2.75) is 19.4 Å². The van der Waals surface area contributed by atoms with E-state index in [4.69, 9.17) is 4.98 Å². The van der Waals surface area contributed by atoms with E-state index in [2.05, 4.69) is 24.0 Å². The molecule has 26 heavy (non-hydrogen) atoms. The Labute approximate surface area is 151 Å². The molecule has 0 fully saturated rings. The Morgan fingerprint density at radius 1 is 0.885 bits per heavy atom. The summed E-state index contributed by atoms with van der Waals surface area (Å²) in [6, 6.07) is 15.7. The van der Waals surface area contributed by atoms with Gasteiger partial charge in [-0.1, -0.05) is 30.3 Å². The van der Waals surface area contributed by atoms with Crippen LogP contribution in [0.15, 0.2) is 53.3 Å². The van der Waals surface area contributed by atoms with Crippen LogP contribution in [0.4, 0.5) is 0 Å². The van der Waals surface area contributed by atoms with Crippen molar-refractivity contribution in [1.82, 2.24) is 19.4 Å². The van der Waals surface area contributed by atoms with Gasteiger partial charge < -0.3 is 9.47 Å². The highest BCUT2D eigenvalue weighted by Crippen LogP contribution is 2.22. The summed E-state index contributed by atoms with van der Waals surface area (Å²) in [5.41, 5.74) is 3.59. The van der Waals surface area contributed by atoms with Gasteiger partial charge in [0.15, 0.2) is 5.52 Å². The molecule has 0 aliphatic carbocycles. The highest BCUT2D eigenvalue weighted by molar-refractivity contribution is 6.04. The Hall–Kier alpha value is -2.79. The third-order valence-corrected chi connectivity index (χ3v) is 4.71. The van der Waals surface area contributed by atoms with Crippen molar-refractivity contribution in [3.63, 3.8) is 0 Å². The Kier molecular flexibility index (Phi) is 4.39. The second kappa shape index (κ2) is 6.84. The van der Waals surface area contributed by atoms with Gasteiger partial charge in [-0.15, -0.1) is 0 Å². The van der Waals surface area contributed by atoms with Crippen molar-refractivity contribution in [1.29, 1.82) is 0 Å². The molecular weight excluding hydrogens is 324 g/mol. The molecule has 2 heterocycles. The first-order chi connectivity index (χ1) is 12.6. The average molecular weight is 346 g/mol. The van der Waals surface area contributed by atoms with Crippen LogP contribution in [0.2, 0.25) is 0 Å². The quantitative estimate of drug-likeness (QED) is 0.316. The van der Waals surface area contributed by atoms with Gasteiger partial charge in [-0.3, -0.25) is 4.79 Å². The SMILES string of the molecule is CN(C)CCCCn1c(=O)c2nc3ccccc3nc2c2ccccc21. The topological polar surface area (TPSA) is 51.0 Å². The van der Waals surface area contributed by atoms with E-state index in [0.29, 0.717) is 17.6 Å². The van der Waals surface area contributed by atoms with Crippen LogP contribution in [0.3, 0.4) is 0 Å². The largest absolute Gasteiger partial charge is 0.309 e. The van der Waals surface area contributed by atoms with Gasteiger partial charge in [0, 0.05) is 11.9 Å². The second-order valence-corrected chi connectivity index (χ2v) is 6.89. The molecule has 4 rings (SSSR count). The number of aromatic nitrogens is 3. The molecule has 0 atom stereocenters. The summed E-state index contributed by atoms with van der Waals surface area (Å²) in [6.45, 7) is 1.71. The molecule has 0 saturated heterocycles. The fourth-order valence-corrected chi connectivity index (χ4v) is 3.40. The Morgan fingerprint density at radius 2 is 1.54 bits per heavy atom. The second-order valence-electron chi connectivity index (χ2n) is 6.89. The maximum absolute atomic E-state index is 13.2. The first-order valence-electron chi connectivity index (χ1n) is 8.98. The van der Waals surface area contributed by atoms with Crippen LogP contribution in [-0.4, -0.2) is 40.1 Å². The summed E-state index contributed by atoms with van der Waals surface area (Å²) in [6.07, 6.45) is 2.00. The minimum Gasteiger partial charge on any atom is -0.309 e. The highest BCUT2D eigenvalue weighted by atomic mass is 16.1. The zero-order valence-corrected chi connectivity index (χ0v) is 15.1. The van der Waals surface area contributed by atoms with Gasteiger partial charge in [0.1, 0.15) is 5.52 Å². The van der Waals surface area contributed by atoms with E-state index in [0.717, 1.165) is 41.3 Å². The minimum absolute atomic E-state index is 0.0539. The number of nitrogens with zero attached hydrogens (tertiary/aromatic N) is 4. The van der Waals surface area contributed by atoms with Crippen molar-refractivity contribution in [2.75, 3.05) is 20.6 Å². The molecule has 0 saturated carbocycles. The van der Waals surface area contributed by atoms with Gasteiger partial charge in [-0.05, 0) is 51.7 Å². The Balaban J connectivity index is 1.91. The minimum atomic E-state index is -0.0539. The number of unbranched alkanes of at least 4 members (excludes halogenated alkanes) is 1. The van der Waals surface area contributed by atoms with Crippen molar-refractivity contribution >= 4 is 33.0 Å². The zero-order chi connectivity index (χ0) is 18.1. The number of benzene rings is 2. The normalized spacial score (nSPS) is 11.8. The molecule has 5 nitrogen and oxygen atoms in total. The smallest absolute Gasteiger partial charge is 0.279 e. The van der Waals surface area contributed by atoms with Gasteiger partial charge in [-0.25, -0.2) is 9.97 Å². The average Bonchev–Trinajstić information content (AvgIpc) is 2.66. The summed E-state index contributed by atoms with van der Waals surface area (Å²) in [7, 11) is 4.14. The number of hydrogen-bond donors (Lipinski definition) is 0. The van der Waals surface area contributed by atoms with Crippen LogP contribution < -0.4 is 5.56 Å². The van der Waals surface area contributed by atoms with Crippen molar-refractivity contribution in [3.05, 3.63) is 58.9 Å². The molecule has 0 amide bonds. The van der Waals surface area contributed by atoms with Crippen molar-refractivity contribution in [3.8, 4) is 0 Å². The van der Waals surface area contributed by atoms with E-state index in [1.165, 1.54) is 0 Å². The predicted molar refractivity (Wildman–Crippen MR) is 107 cm³/mol. The summed E-state index contributed by atoms with van der Waals surface area (Å²) < 4.78 is 1.86. The van der Waals surface area contributed by atoms with Gasteiger partial charge in [0.05, 0.1) is 16.6 Å². The van der Waals surface area contributed by atoms with Crippen molar-refractivity contribution in [2.24, 2.45) is 0 Å². The monoisotopic (exact) mass is 346 g/mol. The summed E-state index contributed by atoms with van der Waals surface area (Å²) >= 11 is 0. The third-order valence-electron chi connectivity index (χ3n) is 4.71. The first kappa shape index (κ1) is 16.7. The van der Waals surface area contributed by atoms with E-state index in [9.17, 15) is 4.79 Å². The standard InChI is InChI=1S/C21H22N4O/c1-24(2)13-7-8-14-25-18-12-6-3-9-15(18)19-20(21(25)26)23-17-11-5-4-10-16(17)22-19/h3-6,9-12H,7-8,13-14H2,1-2H3. The van der Waals surface area contributed by atoms with E-state index >= 15 is 0 Å². The summed E-state index contributed by atoms with van der Waals surface area (Å²) in [4.78, 5) is 24.7. The number of para-hydroxylation sites is 3. The number of aryl methyl sites for hydroxylation is 1. The lowest BCUT2D eigenvalue weighted by Gasteiger charge is -2.14. The van der Waals surface area contributed by atoms with Gasteiger partial charge in [0.25, 0.3) is 5.56 Å². The fraction of sp³-hybridized carbons (Fsp3) is 0.286. The molecule has 0 aliphatic rings. The maximum atomic E-state index is 13.2. The lowest BCUT2D eigenvalue weighted by Crippen LogP contribution is -2.23. The van der Waals surface area contributed by atoms with Gasteiger partial charge in [-0.2, -0.15) is 0 Å². The molecule has 4 aromatic rings. The molecule has 2 aromatic carbocycles. The molecule has 0 N–H and O–H groups in total. The number of pyridine rings is 1. The number of rotatable bonds is 5. The molecule has 0 bridgehead atoms. The molecule has 5 heteroatoms. The zero-order valence-electron chi connectivity index (χ0n) is 15.1. The van der Waals surface area contributed by atoms with Crippen LogP contribution in [0, 0.1) is 0 Å². The summed E-state index contributed by atoms with van der Waals surface area (Å²) in [5.74, 6) is 0. The van der Waals surface area contributed by atoms with Gasteiger partial charge in [0.2, 0.25) is 0 Å². The lowest BCUT2D eigenvalue weighted by molar-refractivity contribution is 0.388. The van der Waals surface area contributed by atoms with Crippen LogP contribution in [0.25, 0.3) is 33.0 Å². The van der Waals surface area contributed by atoms with Crippen LogP contribution in [0.1, 0.15) is 12.8 Å². The number of hydrogen-bond acceptors (Lipinski definition) is 4. The Morgan fingerprint density at radius 3 is 2.27 bits per heavy atom. The Bertz CT molecular complexity index is 1150. The van der Waals surface area contributed by atoms with Crippen molar-refractivity contribution < 1.29 is 0 Å². The fourth-order valence-electron chi connectivity index (χ4n) is 3.40. The predicted octanol–water partition coefficient (Wildman–Crippen LogP) is 3.44. The molecule has 0 unspecified atom stereocenters. The van der Waals surface area contributed by atoms with Gasteiger partial charge >= 0.3 is 0 Å². The van der Waals surface area contributed by atoms with E-state index in [1.807, 2.05) is 53.1 Å². The van der Waals surface area contributed by atoms with Crippen LogP contribution in [0.5, 0.6) is 0 Å². The van der Waals surface area contributed by atoms with E-state index in [1.54, 1.807) is 0 Å². The molecule has 132 valence electrons. The molecule has 0 spiro atoms. The molecule has 0 radical (unpaired) electrons. The first-order valence-corrected chi connectivity index (χ1v) is 8.98. The summed E-state index contributed by atoms with van der Waals surface area (Å²) in [5, 5.41) is 0.980. The van der Waals surface area contributed by atoms with Crippen LogP contribution >= 0.6 is 0 Å². The lowest BCUT2D eigenvalue weighted by atomic mass is 10.1. The van der Waals surface area contributed by atoms with E-state index in [-0.39, 0.29) is 5.56 Å².